The number of ether oxygens (including phenoxy) is 1. The van der Waals surface area contributed by atoms with Gasteiger partial charge in [0.1, 0.15) is 4.83 Å². The van der Waals surface area contributed by atoms with Gasteiger partial charge in [0, 0.05) is 11.3 Å². The van der Waals surface area contributed by atoms with E-state index in [2.05, 4.69) is 13.8 Å². The summed E-state index contributed by atoms with van der Waals surface area (Å²) in [5.74, 6) is 0. The lowest BCUT2D eigenvalue weighted by atomic mass is 9.90. The van der Waals surface area contributed by atoms with E-state index in [-0.39, 0.29) is 11.2 Å². The summed E-state index contributed by atoms with van der Waals surface area (Å²) in [7, 11) is 0. The van der Waals surface area contributed by atoms with Crippen molar-refractivity contribution in [3.05, 3.63) is 56.7 Å². The molecule has 26 heavy (non-hydrogen) atoms. The maximum Gasteiger partial charge on any atom is 0.263 e. The van der Waals surface area contributed by atoms with Crippen LogP contribution in [0.4, 0.5) is 0 Å². The number of benzene rings is 1. The molecule has 0 aliphatic carbocycles. The molecule has 0 amide bonds. The van der Waals surface area contributed by atoms with Crippen molar-refractivity contribution in [2.24, 2.45) is 0 Å². The Bertz CT molecular complexity index is 1010. The van der Waals surface area contributed by atoms with E-state index in [0.717, 1.165) is 44.2 Å². The van der Waals surface area contributed by atoms with E-state index in [0.29, 0.717) is 13.2 Å². The molecule has 1 aliphatic heterocycles. The molecule has 3 heterocycles. The van der Waals surface area contributed by atoms with Gasteiger partial charge in [-0.2, -0.15) is 0 Å². The van der Waals surface area contributed by atoms with Crippen LogP contribution in [-0.2, 0) is 24.3 Å². The Kier molecular flexibility index (Phi) is 4.67. The summed E-state index contributed by atoms with van der Waals surface area (Å²) in [5, 5.41) is 1.56. The number of thiophene rings is 1. The molecule has 0 N–H and O–H groups in total. The number of thioether (sulfide) groups is 1. The average Bonchev–Trinajstić information content (AvgIpc) is 3.02. The van der Waals surface area contributed by atoms with Gasteiger partial charge in [-0.05, 0) is 30.7 Å². The minimum absolute atomic E-state index is 0.0704. The molecule has 4 nitrogen and oxygen atoms in total. The van der Waals surface area contributed by atoms with Crippen molar-refractivity contribution in [2.45, 2.75) is 50.6 Å². The Hall–Kier alpha value is -1.63. The Morgan fingerprint density at radius 2 is 2.12 bits per heavy atom. The summed E-state index contributed by atoms with van der Waals surface area (Å²) in [6.45, 7) is 5.39. The topological polar surface area (TPSA) is 44.1 Å². The number of hydrogen-bond donors (Lipinski definition) is 0. The standard InChI is InChI=1S/C20H22N2O2S2/c1-4-20(2)10-14-15(12-24-20)26-17-16(14)18(23)22(19(21-17)25-3)11-13-8-6-5-7-9-13/h5-9H,4,10-12H2,1-3H3/t20-/m1/s1. The van der Waals surface area contributed by atoms with Crippen LogP contribution in [0.15, 0.2) is 40.3 Å². The highest BCUT2D eigenvalue weighted by Gasteiger charge is 2.33. The number of rotatable bonds is 4. The van der Waals surface area contributed by atoms with Crippen molar-refractivity contribution in [2.75, 3.05) is 6.26 Å². The second kappa shape index (κ2) is 6.83. The van der Waals surface area contributed by atoms with Crippen molar-refractivity contribution in [3.8, 4) is 0 Å². The van der Waals surface area contributed by atoms with Crippen molar-refractivity contribution < 1.29 is 4.74 Å². The van der Waals surface area contributed by atoms with E-state index >= 15 is 0 Å². The van der Waals surface area contributed by atoms with Crippen LogP contribution in [0, 0.1) is 0 Å². The van der Waals surface area contributed by atoms with E-state index in [1.807, 2.05) is 41.2 Å². The van der Waals surface area contributed by atoms with Gasteiger partial charge >= 0.3 is 0 Å². The van der Waals surface area contributed by atoms with Crippen LogP contribution >= 0.6 is 23.1 Å². The fourth-order valence-electron chi connectivity index (χ4n) is 3.42. The van der Waals surface area contributed by atoms with E-state index < -0.39 is 0 Å². The fraction of sp³-hybridized carbons (Fsp3) is 0.400. The molecule has 0 spiro atoms. The fourth-order valence-corrected chi connectivity index (χ4v) is 5.12. The smallest absolute Gasteiger partial charge is 0.263 e. The molecule has 0 fully saturated rings. The predicted molar refractivity (Wildman–Crippen MR) is 108 cm³/mol. The van der Waals surface area contributed by atoms with E-state index in [1.165, 1.54) is 11.8 Å². The van der Waals surface area contributed by atoms with Gasteiger partial charge in [0.2, 0.25) is 0 Å². The van der Waals surface area contributed by atoms with Crippen molar-refractivity contribution in [1.29, 1.82) is 0 Å². The highest BCUT2D eigenvalue weighted by Crippen LogP contribution is 2.38. The normalized spacial score (nSPS) is 19.7. The third-order valence-corrected chi connectivity index (χ3v) is 6.95. The maximum absolute atomic E-state index is 13.4. The molecular formula is C20H22N2O2S2. The summed E-state index contributed by atoms with van der Waals surface area (Å²) < 4.78 is 7.88. The number of aromatic nitrogens is 2. The van der Waals surface area contributed by atoms with Gasteiger partial charge in [-0.15, -0.1) is 11.3 Å². The molecule has 4 rings (SSSR count). The van der Waals surface area contributed by atoms with Crippen LogP contribution in [0.3, 0.4) is 0 Å². The van der Waals surface area contributed by atoms with Gasteiger partial charge in [-0.25, -0.2) is 4.98 Å². The number of hydrogen-bond acceptors (Lipinski definition) is 5. The van der Waals surface area contributed by atoms with Crippen molar-refractivity contribution in [1.82, 2.24) is 9.55 Å². The second-order valence-electron chi connectivity index (χ2n) is 6.93. The summed E-state index contributed by atoms with van der Waals surface area (Å²) in [6, 6.07) is 10.1. The molecule has 0 saturated heterocycles. The lowest BCUT2D eigenvalue weighted by Crippen LogP contribution is -2.34. The quantitative estimate of drug-likeness (QED) is 0.490. The second-order valence-corrected chi connectivity index (χ2v) is 8.79. The van der Waals surface area contributed by atoms with Crippen LogP contribution in [0.5, 0.6) is 0 Å². The van der Waals surface area contributed by atoms with Gasteiger partial charge in [-0.1, -0.05) is 49.0 Å². The molecule has 136 valence electrons. The zero-order valence-electron chi connectivity index (χ0n) is 15.2. The maximum atomic E-state index is 13.4. The molecule has 1 aliphatic rings. The molecule has 3 aromatic rings. The average molecular weight is 387 g/mol. The van der Waals surface area contributed by atoms with E-state index in [1.54, 1.807) is 11.3 Å². The Balaban J connectivity index is 1.89. The summed E-state index contributed by atoms with van der Waals surface area (Å²) in [4.78, 5) is 20.2. The first-order chi connectivity index (χ1) is 12.5. The number of nitrogens with zero attached hydrogens (tertiary/aromatic N) is 2. The molecule has 0 saturated carbocycles. The molecule has 1 atom stereocenters. The first kappa shape index (κ1) is 17.8. The van der Waals surface area contributed by atoms with Gasteiger partial charge in [-0.3, -0.25) is 9.36 Å². The van der Waals surface area contributed by atoms with Gasteiger partial charge in [0.15, 0.2) is 5.16 Å². The van der Waals surface area contributed by atoms with E-state index in [9.17, 15) is 4.79 Å². The molecule has 0 radical (unpaired) electrons. The third-order valence-electron chi connectivity index (χ3n) is 5.18. The van der Waals surface area contributed by atoms with Crippen LogP contribution < -0.4 is 5.56 Å². The Labute approximate surface area is 161 Å². The molecule has 2 aromatic heterocycles. The SMILES string of the molecule is CC[C@]1(C)Cc2c(sc3nc(SC)n(Cc4ccccc4)c(=O)c23)CO1. The van der Waals surface area contributed by atoms with E-state index in [4.69, 9.17) is 9.72 Å². The predicted octanol–water partition coefficient (Wildman–Crippen LogP) is 4.47. The number of fused-ring (bicyclic) bond motifs is 3. The lowest BCUT2D eigenvalue weighted by molar-refractivity contribution is -0.0543. The summed E-state index contributed by atoms with van der Waals surface area (Å²) in [5.41, 5.74) is 2.13. The van der Waals surface area contributed by atoms with Gasteiger partial charge in [0.25, 0.3) is 5.56 Å². The highest BCUT2D eigenvalue weighted by atomic mass is 32.2. The van der Waals surface area contributed by atoms with Crippen molar-refractivity contribution in [3.63, 3.8) is 0 Å². The van der Waals surface area contributed by atoms with Gasteiger partial charge < -0.3 is 4.74 Å². The van der Waals surface area contributed by atoms with Crippen LogP contribution in [0.1, 0.15) is 36.3 Å². The largest absolute Gasteiger partial charge is 0.369 e. The molecule has 0 unspecified atom stereocenters. The minimum atomic E-state index is -0.199. The summed E-state index contributed by atoms with van der Waals surface area (Å²) >= 11 is 3.13. The first-order valence-corrected chi connectivity index (χ1v) is 10.9. The molecular weight excluding hydrogens is 364 g/mol. The zero-order chi connectivity index (χ0) is 18.3. The van der Waals surface area contributed by atoms with Crippen molar-refractivity contribution >= 4 is 33.3 Å². The lowest BCUT2D eigenvalue weighted by Gasteiger charge is -2.32. The van der Waals surface area contributed by atoms with Crippen LogP contribution in [0.25, 0.3) is 10.2 Å². The van der Waals surface area contributed by atoms with Crippen LogP contribution in [0.2, 0.25) is 0 Å². The van der Waals surface area contributed by atoms with Gasteiger partial charge in [0.05, 0.1) is 24.1 Å². The van der Waals surface area contributed by atoms with Crippen LogP contribution in [-0.4, -0.2) is 21.4 Å². The minimum Gasteiger partial charge on any atom is -0.369 e. The Morgan fingerprint density at radius 1 is 1.35 bits per heavy atom. The zero-order valence-corrected chi connectivity index (χ0v) is 16.9. The highest BCUT2D eigenvalue weighted by molar-refractivity contribution is 7.98. The third kappa shape index (κ3) is 3.00. The molecule has 6 heteroatoms. The monoisotopic (exact) mass is 386 g/mol. The molecule has 0 bridgehead atoms. The first-order valence-electron chi connectivity index (χ1n) is 8.81. The Morgan fingerprint density at radius 3 is 2.81 bits per heavy atom. The summed E-state index contributed by atoms with van der Waals surface area (Å²) in [6.07, 6.45) is 3.68. The molecule has 1 aromatic carbocycles.